The van der Waals surface area contributed by atoms with Crippen LogP contribution in [0.3, 0.4) is 0 Å². The molecule has 0 spiro atoms. The summed E-state index contributed by atoms with van der Waals surface area (Å²) < 4.78 is 5.20. The summed E-state index contributed by atoms with van der Waals surface area (Å²) in [4.78, 5) is 13.5. The number of morpholine rings is 1. The number of unbranched alkanes of at least 4 members (excludes halogenated alkanes) is 1. The summed E-state index contributed by atoms with van der Waals surface area (Å²) in [5.41, 5.74) is 0. The molecule has 1 saturated heterocycles. The van der Waals surface area contributed by atoms with E-state index in [4.69, 9.17) is 10.00 Å². The fourth-order valence-electron chi connectivity index (χ4n) is 1.59. The third-order valence-corrected chi connectivity index (χ3v) is 2.51. The second kappa shape index (κ2) is 7.20. The molecule has 0 aromatic heterocycles. The summed E-state index contributed by atoms with van der Waals surface area (Å²) >= 11 is 0. The Morgan fingerprint density at radius 1 is 1.69 bits per heavy atom. The van der Waals surface area contributed by atoms with Crippen LogP contribution in [0.4, 0.5) is 0 Å². The number of amides is 1. The Hall–Kier alpha value is -1.12. The Balaban J connectivity index is 2.20. The zero-order chi connectivity index (χ0) is 11.8. The van der Waals surface area contributed by atoms with E-state index in [2.05, 4.69) is 18.3 Å². The number of ether oxygens (including phenoxy) is 1. The van der Waals surface area contributed by atoms with Crippen LogP contribution in [-0.2, 0) is 9.53 Å². The minimum absolute atomic E-state index is 0.0343. The van der Waals surface area contributed by atoms with E-state index in [1.807, 2.05) is 4.90 Å². The van der Waals surface area contributed by atoms with E-state index in [-0.39, 0.29) is 5.91 Å². The van der Waals surface area contributed by atoms with Gasteiger partial charge in [0.1, 0.15) is 0 Å². The van der Waals surface area contributed by atoms with Crippen molar-refractivity contribution in [1.29, 1.82) is 5.26 Å². The number of nitriles is 1. The molecule has 90 valence electrons. The molecular formula is C11H19N3O2. The van der Waals surface area contributed by atoms with Gasteiger partial charge in [0.2, 0.25) is 5.91 Å². The van der Waals surface area contributed by atoms with E-state index in [9.17, 15) is 4.79 Å². The first-order valence-electron chi connectivity index (χ1n) is 5.76. The third-order valence-electron chi connectivity index (χ3n) is 2.51. The highest BCUT2D eigenvalue weighted by atomic mass is 16.5. The first kappa shape index (κ1) is 12.9. The number of rotatable bonds is 5. The molecule has 1 aliphatic rings. The van der Waals surface area contributed by atoms with Gasteiger partial charge in [-0.15, -0.1) is 0 Å². The summed E-state index contributed by atoms with van der Waals surface area (Å²) in [6.45, 7) is 4.97. The van der Waals surface area contributed by atoms with Gasteiger partial charge in [-0.05, 0) is 6.42 Å². The maximum atomic E-state index is 11.5. The predicted octanol–water partition coefficient (Wildman–Crippen LogP) is 0.127. The molecule has 5 nitrogen and oxygen atoms in total. The topological polar surface area (TPSA) is 65.4 Å². The molecule has 1 atom stereocenters. The van der Waals surface area contributed by atoms with Crippen LogP contribution in [0.25, 0.3) is 0 Å². The first-order chi connectivity index (χ1) is 7.76. The van der Waals surface area contributed by atoms with Gasteiger partial charge < -0.3 is 10.1 Å². The van der Waals surface area contributed by atoms with Gasteiger partial charge in [-0.3, -0.25) is 9.69 Å². The number of nitrogens with one attached hydrogen (secondary N) is 1. The lowest BCUT2D eigenvalue weighted by Crippen LogP contribution is -2.46. The molecule has 0 radical (unpaired) electrons. The van der Waals surface area contributed by atoms with Crippen LogP contribution in [0.2, 0.25) is 0 Å². The van der Waals surface area contributed by atoms with Crippen molar-refractivity contribution in [1.82, 2.24) is 10.2 Å². The summed E-state index contributed by atoms with van der Waals surface area (Å²) in [7, 11) is 0. The van der Waals surface area contributed by atoms with Crippen molar-refractivity contribution in [2.24, 2.45) is 0 Å². The average molecular weight is 225 g/mol. The molecule has 1 aliphatic heterocycles. The fourth-order valence-corrected chi connectivity index (χ4v) is 1.59. The molecule has 1 N–H and O–H groups in total. The SMILES string of the molecule is CCCCNC(=O)CN1CCOC(C#N)C1. The minimum atomic E-state index is -0.391. The highest BCUT2D eigenvalue weighted by Crippen LogP contribution is 2.03. The third kappa shape index (κ3) is 4.60. The van der Waals surface area contributed by atoms with E-state index in [0.717, 1.165) is 25.9 Å². The van der Waals surface area contributed by atoms with Gasteiger partial charge in [-0.25, -0.2) is 0 Å². The predicted molar refractivity (Wildman–Crippen MR) is 59.7 cm³/mol. The molecule has 0 aromatic rings. The second-order valence-electron chi connectivity index (χ2n) is 3.93. The van der Waals surface area contributed by atoms with Crippen LogP contribution in [0.5, 0.6) is 0 Å². The van der Waals surface area contributed by atoms with Crippen molar-refractivity contribution >= 4 is 5.91 Å². The monoisotopic (exact) mass is 225 g/mol. The molecule has 1 amide bonds. The van der Waals surface area contributed by atoms with Crippen LogP contribution in [-0.4, -0.2) is 49.7 Å². The van der Waals surface area contributed by atoms with E-state index >= 15 is 0 Å². The van der Waals surface area contributed by atoms with Crippen LogP contribution in [0.15, 0.2) is 0 Å². The summed E-state index contributed by atoms with van der Waals surface area (Å²) in [5, 5.41) is 11.6. The lowest BCUT2D eigenvalue weighted by Gasteiger charge is -2.28. The largest absolute Gasteiger partial charge is 0.361 e. The molecule has 1 unspecified atom stereocenters. The lowest BCUT2D eigenvalue weighted by atomic mass is 10.3. The van der Waals surface area contributed by atoms with Crippen molar-refractivity contribution in [2.75, 3.05) is 32.8 Å². The van der Waals surface area contributed by atoms with Crippen LogP contribution >= 0.6 is 0 Å². The highest BCUT2D eigenvalue weighted by Gasteiger charge is 2.21. The van der Waals surface area contributed by atoms with Crippen molar-refractivity contribution in [2.45, 2.75) is 25.9 Å². The van der Waals surface area contributed by atoms with Gasteiger partial charge in [0.15, 0.2) is 6.10 Å². The Bertz CT molecular complexity index is 262. The van der Waals surface area contributed by atoms with Gasteiger partial charge in [0, 0.05) is 19.6 Å². The van der Waals surface area contributed by atoms with Gasteiger partial charge >= 0.3 is 0 Å². The molecule has 0 aromatic carbocycles. The average Bonchev–Trinajstić information content (AvgIpc) is 2.29. The molecule has 1 fully saturated rings. The minimum Gasteiger partial charge on any atom is -0.361 e. The van der Waals surface area contributed by atoms with E-state index < -0.39 is 6.10 Å². The highest BCUT2D eigenvalue weighted by molar-refractivity contribution is 5.77. The molecule has 0 bridgehead atoms. The Kier molecular flexibility index (Phi) is 5.83. The molecule has 0 aliphatic carbocycles. The van der Waals surface area contributed by atoms with Gasteiger partial charge in [0.25, 0.3) is 0 Å². The van der Waals surface area contributed by atoms with E-state index in [1.165, 1.54) is 0 Å². The molecule has 16 heavy (non-hydrogen) atoms. The van der Waals surface area contributed by atoms with Gasteiger partial charge in [-0.1, -0.05) is 13.3 Å². The zero-order valence-corrected chi connectivity index (χ0v) is 9.74. The second-order valence-corrected chi connectivity index (χ2v) is 3.93. The number of hydrogen-bond acceptors (Lipinski definition) is 4. The van der Waals surface area contributed by atoms with Crippen LogP contribution < -0.4 is 5.32 Å². The standard InChI is InChI=1S/C11H19N3O2/c1-2-3-4-13-11(15)9-14-5-6-16-10(7-12)8-14/h10H,2-6,8-9H2,1H3,(H,13,15). The zero-order valence-electron chi connectivity index (χ0n) is 9.74. The Morgan fingerprint density at radius 3 is 3.19 bits per heavy atom. The normalized spacial score (nSPS) is 21.4. The summed E-state index contributed by atoms with van der Waals surface area (Å²) in [6, 6.07) is 2.06. The summed E-state index contributed by atoms with van der Waals surface area (Å²) in [5.74, 6) is 0.0343. The Labute approximate surface area is 96.4 Å². The number of hydrogen-bond donors (Lipinski definition) is 1. The van der Waals surface area contributed by atoms with E-state index in [1.54, 1.807) is 0 Å². The van der Waals surface area contributed by atoms with Gasteiger partial charge in [-0.2, -0.15) is 5.26 Å². The molecule has 5 heteroatoms. The smallest absolute Gasteiger partial charge is 0.234 e. The number of carbonyl (C=O) groups is 1. The van der Waals surface area contributed by atoms with Gasteiger partial charge in [0.05, 0.1) is 19.2 Å². The van der Waals surface area contributed by atoms with Crippen molar-refractivity contribution in [3.8, 4) is 6.07 Å². The van der Waals surface area contributed by atoms with Crippen LogP contribution in [0.1, 0.15) is 19.8 Å². The Morgan fingerprint density at radius 2 is 2.50 bits per heavy atom. The van der Waals surface area contributed by atoms with E-state index in [0.29, 0.717) is 19.7 Å². The van der Waals surface area contributed by atoms with Crippen molar-refractivity contribution in [3.63, 3.8) is 0 Å². The molecular weight excluding hydrogens is 206 g/mol. The maximum Gasteiger partial charge on any atom is 0.234 e. The maximum absolute atomic E-state index is 11.5. The number of nitrogens with zero attached hydrogens (tertiary/aromatic N) is 2. The van der Waals surface area contributed by atoms with Crippen molar-refractivity contribution in [3.05, 3.63) is 0 Å². The summed E-state index contributed by atoms with van der Waals surface area (Å²) in [6.07, 6.45) is 1.70. The first-order valence-corrected chi connectivity index (χ1v) is 5.76. The lowest BCUT2D eigenvalue weighted by molar-refractivity contribution is -0.123. The fraction of sp³-hybridized carbons (Fsp3) is 0.818. The van der Waals surface area contributed by atoms with Crippen molar-refractivity contribution < 1.29 is 9.53 Å². The molecule has 0 saturated carbocycles. The quantitative estimate of drug-likeness (QED) is 0.675. The molecule has 1 rings (SSSR count). The molecule has 1 heterocycles. The van der Waals surface area contributed by atoms with Crippen LogP contribution in [0, 0.1) is 11.3 Å². The number of carbonyl (C=O) groups excluding carboxylic acids is 1.